The molecule has 1 aliphatic rings. The zero-order chi connectivity index (χ0) is 31.9. The number of benzene rings is 2. The van der Waals surface area contributed by atoms with E-state index in [1.165, 1.54) is 39.0 Å². The summed E-state index contributed by atoms with van der Waals surface area (Å²) < 4.78 is 105. The van der Waals surface area contributed by atoms with Gasteiger partial charge in [0.1, 0.15) is 17.5 Å². The first kappa shape index (κ1) is 33.0. The molecule has 0 aromatic heterocycles. The number of rotatable bonds is 6. The second-order valence-corrected chi connectivity index (χ2v) is 15.8. The third-order valence-corrected chi connectivity index (χ3v) is 9.64. The molecule has 1 atom stereocenters. The minimum absolute atomic E-state index is 0.0805. The van der Waals surface area contributed by atoms with E-state index in [-0.39, 0.29) is 17.1 Å². The second-order valence-electron chi connectivity index (χ2n) is 11.5. The molecule has 0 spiro atoms. The molecule has 11 nitrogen and oxygen atoms in total. The first-order valence-corrected chi connectivity index (χ1v) is 15.5. The fourth-order valence-electron chi connectivity index (χ4n) is 3.66. The topological polar surface area (TPSA) is 148 Å². The molecule has 0 saturated heterocycles. The largest absolute Gasteiger partial charge is 0.486 e. The maximum atomic E-state index is 13.7. The van der Waals surface area contributed by atoms with Gasteiger partial charge in [0.2, 0.25) is 15.9 Å². The number of anilines is 2. The Hall–Kier alpha value is -3.53. The molecule has 2 aromatic carbocycles. The monoisotopic (exact) mass is 635 g/mol. The van der Waals surface area contributed by atoms with Gasteiger partial charge in [-0.25, -0.2) is 21.6 Å². The third kappa shape index (κ3) is 7.85. The Morgan fingerprint density at radius 2 is 1.64 bits per heavy atom. The van der Waals surface area contributed by atoms with Crippen LogP contribution < -0.4 is 19.1 Å². The Labute approximate surface area is 242 Å². The number of fused-ring (bicyclic) bond motifs is 1. The summed E-state index contributed by atoms with van der Waals surface area (Å²) >= 11 is 0. The summed E-state index contributed by atoms with van der Waals surface area (Å²) in [5, 5.41) is 2.45. The van der Waals surface area contributed by atoms with Crippen LogP contribution in [-0.4, -0.2) is 51.8 Å². The van der Waals surface area contributed by atoms with Gasteiger partial charge in [-0.3, -0.25) is 19.1 Å². The van der Waals surface area contributed by atoms with Crippen LogP contribution in [0.25, 0.3) is 0 Å². The Morgan fingerprint density at radius 1 is 1.00 bits per heavy atom. The molecule has 42 heavy (non-hydrogen) atoms. The lowest BCUT2D eigenvalue weighted by Gasteiger charge is -2.35. The van der Waals surface area contributed by atoms with Gasteiger partial charge >= 0.3 is 12.3 Å². The zero-order valence-corrected chi connectivity index (χ0v) is 25.3. The quantitative estimate of drug-likeness (QED) is 0.467. The standard InChI is InChI=1S/C26H32F3N3O8S2/c1-24(2,3)40-23(34)30-17-10-11-21-20(13-17)32(41(35,36)19-9-7-8-16(12-19)26(27,28)29)15-18(39-21)14-22(33)31-42(37,38)25(4,5)6/h7-13,18H,14-15H2,1-6H3,(H,30,34)(H,31,33). The molecule has 2 aromatic rings. The minimum Gasteiger partial charge on any atom is -0.486 e. The number of hydrogen-bond acceptors (Lipinski definition) is 8. The van der Waals surface area contributed by atoms with Gasteiger partial charge in [0, 0.05) is 5.69 Å². The van der Waals surface area contributed by atoms with Crippen molar-refractivity contribution in [3.63, 3.8) is 0 Å². The number of hydrogen-bond donors (Lipinski definition) is 2. The van der Waals surface area contributed by atoms with Crippen LogP contribution >= 0.6 is 0 Å². The number of sulfonamides is 2. The fraction of sp³-hybridized carbons (Fsp3) is 0.462. The number of carbonyl (C=O) groups is 2. The molecule has 0 bridgehead atoms. The van der Waals surface area contributed by atoms with Crippen molar-refractivity contribution >= 4 is 43.4 Å². The van der Waals surface area contributed by atoms with E-state index in [2.05, 4.69) is 5.32 Å². The predicted molar refractivity (Wildman–Crippen MR) is 148 cm³/mol. The Kier molecular flexibility index (Phi) is 8.86. The molecule has 0 radical (unpaired) electrons. The molecular formula is C26H32F3N3O8S2. The minimum atomic E-state index is -4.82. The van der Waals surface area contributed by atoms with E-state index in [0.29, 0.717) is 6.07 Å². The van der Waals surface area contributed by atoms with E-state index in [0.717, 1.165) is 22.5 Å². The average molecular weight is 636 g/mol. The van der Waals surface area contributed by atoms with Crippen molar-refractivity contribution in [3.05, 3.63) is 48.0 Å². The summed E-state index contributed by atoms with van der Waals surface area (Å²) in [6.07, 6.45) is -7.49. The number of alkyl halides is 3. The summed E-state index contributed by atoms with van der Waals surface area (Å²) in [7, 11) is -8.79. The number of nitrogens with zero attached hydrogens (tertiary/aromatic N) is 1. The van der Waals surface area contributed by atoms with E-state index in [9.17, 15) is 39.6 Å². The number of ether oxygens (including phenoxy) is 2. The number of carbonyl (C=O) groups excluding carboxylic acids is 2. The molecule has 0 aliphatic carbocycles. The van der Waals surface area contributed by atoms with Crippen LogP contribution in [0.4, 0.5) is 29.3 Å². The van der Waals surface area contributed by atoms with Crippen LogP contribution in [0.3, 0.4) is 0 Å². The maximum absolute atomic E-state index is 13.7. The average Bonchev–Trinajstić information content (AvgIpc) is 2.81. The normalized spacial score (nSPS) is 16.2. The van der Waals surface area contributed by atoms with Crippen molar-refractivity contribution in [1.82, 2.24) is 4.72 Å². The number of nitrogens with one attached hydrogen (secondary N) is 2. The van der Waals surface area contributed by atoms with Gasteiger partial charge in [-0.2, -0.15) is 13.2 Å². The van der Waals surface area contributed by atoms with Gasteiger partial charge in [0.25, 0.3) is 10.0 Å². The van der Waals surface area contributed by atoms with E-state index >= 15 is 0 Å². The van der Waals surface area contributed by atoms with Gasteiger partial charge in [0.15, 0.2) is 0 Å². The van der Waals surface area contributed by atoms with Crippen LogP contribution in [-0.2, 0) is 35.8 Å². The number of amides is 2. The SMILES string of the molecule is CC(C)(C)OC(=O)Nc1ccc2c(c1)N(S(=O)(=O)c1cccc(C(F)(F)F)c1)CC(CC(=O)NS(=O)(=O)C(C)(C)C)O2. The number of halogens is 3. The van der Waals surface area contributed by atoms with Crippen molar-refractivity contribution in [2.24, 2.45) is 0 Å². The molecule has 2 amide bonds. The lowest BCUT2D eigenvalue weighted by molar-refractivity contribution is -0.137. The lowest BCUT2D eigenvalue weighted by atomic mass is 10.1. The van der Waals surface area contributed by atoms with Crippen molar-refractivity contribution in [2.45, 2.75) is 75.5 Å². The Bertz CT molecular complexity index is 1580. The van der Waals surface area contributed by atoms with Crippen molar-refractivity contribution < 1.29 is 49.1 Å². The van der Waals surface area contributed by atoms with Crippen LogP contribution in [0.5, 0.6) is 5.75 Å². The molecule has 0 saturated carbocycles. The van der Waals surface area contributed by atoms with Gasteiger partial charge in [-0.05, 0) is 77.9 Å². The van der Waals surface area contributed by atoms with Crippen LogP contribution in [0, 0.1) is 0 Å². The predicted octanol–water partition coefficient (Wildman–Crippen LogP) is 4.64. The molecule has 1 heterocycles. The van der Waals surface area contributed by atoms with Gasteiger partial charge < -0.3 is 9.47 Å². The molecule has 3 rings (SSSR count). The first-order valence-electron chi connectivity index (χ1n) is 12.6. The summed E-state index contributed by atoms with van der Waals surface area (Å²) in [6, 6.07) is 7.02. The molecule has 16 heteroatoms. The summed E-state index contributed by atoms with van der Waals surface area (Å²) in [5.74, 6) is -1.05. The molecule has 0 fully saturated rings. The maximum Gasteiger partial charge on any atom is 0.416 e. The van der Waals surface area contributed by atoms with Crippen LogP contribution in [0.1, 0.15) is 53.5 Å². The van der Waals surface area contributed by atoms with E-state index in [1.807, 2.05) is 4.72 Å². The molecule has 2 N–H and O–H groups in total. The van der Waals surface area contributed by atoms with Gasteiger partial charge in [0.05, 0.1) is 33.9 Å². The van der Waals surface area contributed by atoms with Crippen molar-refractivity contribution in [2.75, 3.05) is 16.2 Å². The first-order chi connectivity index (χ1) is 19.0. The highest BCUT2D eigenvalue weighted by Gasteiger charge is 2.39. The van der Waals surface area contributed by atoms with E-state index in [1.54, 1.807) is 20.8 Å². The zero-order valence-electron chi connectivity index (χ0n) is 23.7. The molecule has 232 valence electrons. The lowest BCUT2D eigenvalue weighted by Crippen LogP contribution is -2.48. The van der Waals surface area contributed by atoms with Gasteiger partial charge in [-0.1, -0.05) is 6.07 Å². The molecule has 1 unspecified atom stereocenters. The summed E-state index contributed by atoms with van der Waals surface area (Å²) in [4.78, 5) is 24.2. The van der Waals surface area contributed by atoms with E-state index in [4.69, 9.17) is 9.47 Å². The Morgan fingerprint density at radius 3 is 2.21 bits per heavy atom. The van der Waals surface area contributed by atoms with Crippen LogP contribution in [0.15, 0.2) is 47.4 Å². The van der Waals surface area contributed by atoms with Crippen molar-refractivity contribution in [3.8, 4) is 5.75 Å². The second kappa shape index (κ2) is 11.3. The van der Waals surface area contributed by atoms with Crippen molar-refractivity contribution in [1.29, 1.82) is 0 Å². The fourth-order valence-corrected chi connectivity index (χ4v) is 5.89. The summed E-state index contributed by atoms with van der Waals surface area (Å²) in [5.41, 5.74) is -2.09. The molecule has 1 aliphatic heterocycles. The van der Waals surface area contributed by atoms with Gasteiger partial charge in [-0.15, -0.1) is 0 Å². The van der Waals surface area contributed by atoms with E-state index < -0.39 is 78.1 Å². The summed E-state index contributed by atoms with van der Waals surface area (Å²) in [6.45, 7) is 8.48. The van der Waals surface area contributed by atoms with Crippen LogP contribution in [0.2, 0.25) is 0 Å². The third-order valence-electron chi connectivity index (χ3n) is 5.75. The molecular weight excluding hydrogens is 603 g/mol. The highest BCUT2D eigenvalue weighted by Crippen LogP contribution is 2.40. The Balaban J connectivity index is 2.02. The highest BCUT2D eigenvalue weighted by atomic mass is 32.2. The highest BCUT2D eigenvalue weighted by molar-refractivity contribution is 7.93. The smallest absolute Gasteiger partial charge is 0.416 e.